The molecule has 1 rings (SSSR count). The Balaban J connectivity index is 2.10. The number of carbonyl (C=O) groups excluding carboxylic acids is 1. The van der Waals surface area contributed by atoms with E-state index in [-0.39, 0.29) is 5.91 Å². The lowest BCUT2D eigenvalue weighted by Crippen LogP contribution is -2.27. The van der Waals surface area contributed by atoms with Gasteiger partial charge in [0.2, 0.25) is 0 Å². The van der Waals surface area contributed by atoms with Crippen molar-refractivity contribution in [1.82, 2.24) is 15.3 Å². The summed E-state index contributed by atoms with van der Waals surface area (Å²) in [5.74, 6) is -0.175. The number of H-pyrrole nitrogens is 1. The van der Waals surface area contributed by atoms with E-state index in [1.165, 1.54) is 12.5 Å². The lowest BCUT2D eigenvalue weighted by molar-refractivity contribution is 0.0922. The highest BCUT2D eigenvalue weighted by Crippen LogP contribution is 1.90. The van der Waals surface area contributed by atoms with Crippen molar-refractivity contribution in [3.63, 3.8) is 0 Å². The highest BCUT2D eigenvalue weighted by atomic mass is 16.5. The summed E-state index contributed by atoms with van der Waals surface area (Å²) in [6, 6.07) is 0. The van der Waals surface area contributed by atoms with E-state index in [4.69, 9.17) is 4.74 Å². The summed E-state index contributed by atoms with van der Waals surface area (Å²) in [6.07, 6.45) is 2.94. The number of aromatic amines is 1. The van der Waals surface area contributed by atoms with Crippen LogP contribution in [0.1, 0.15) is 17.4 Å². The van der Waals surface area contributed by atoms with Crippen molar-refractivity contribution in [2.24, 2.45) is 0 Å². The van der Waals surface area contributed by atoms with Gasteiger partial charge in [0, 0.05) is 6.54 Å². The Kier molecular flexibility index (Phi) is 4.56. The van der Waals surface area contributed by atoms with E-state index in [1.807, 2.05) is 6.92 Å². The molecule has 1 amide bonds. The number of imidazole rings is 1. The smallest absolute Gasteiger partial charge is 0.269 e. The second-order valence-corrected chi connectivity index (χ2v) is 3.23. The molecule has 2 N–H and O–H groups in total. The molecular weight excluding hydrogens is 194 g/mol. The Morgan fingerprint density at radius 3 is 3.13 bits per heavy atom. The first-order valence-corrected chi connectivity index (χ1v) is 4.69. The first-order valence-electron chi connectivity index (χ1n) is 4.69. The maximum Gasteiger partial charge on any atom is 0.269 e. The third kappa shape index (κ3) is 4.42. The zero-order valence-electron chi connectivity index (χ0n) is 8.75. The summed E-state index contributed by atoms with van der Waals surface area (Å²) < 4.78 is 5.22. The Bertz CT molecular complexity index is 319. The van der Waals surface area contributed by atoms with Gasteiger partial charge in [-0.3, -0.25) is 4.79 Å². The van der Waals surface area contributed by atoms with Gasteiger partial charge in [-0.25, -0.2) is 4.98 Å². The van der Waals surface area contributed by atoms with Crippen LogP contribution < -0.4 is 5.32 Å². The molecule has 15 heavy (non-hydrogen) atoms. The quantitative estimate of drug-likeness (QED) is 0.536. The number of nitrogens with one attached hydrogen (secondary N) is 2. The highest BCUT2D eigenvalue weighted by Gasteiger charge is 2.04. The lowest BCUT2D eigenvalue weighted by atomic mass is 10.4. The molecule has 0 aliphatic carbocycles. The molecular formula is C10H15N3O2. The van der Waals surface area contributed by atoms with E-state index < -0.39 is 0 Å². The van der Waals surface area contributed by atoms with Crippen molar-refractivity contribution in [3.05, 3.63) is 30.4 Å². The standard InChI is InChI=1S/C10H15N3O2/c1-8(2)6-15-4-3-12-10(14)9-5-11-7-13-9/h5,7H,1,3-4,6H2,2H3,(H,11,13)(H,12,14). The second-order valence-electron chi connectivity index (χ2n) is 3.23. The first kappa shape index (κ1) is 11.5. The van der Waals surface area contributed by atoms with Crippen LogP contribution >= 0.6 is 0 Å². The van der Waals surface area contributed by atoms with Crippen molar-refractivity contribution in [3.8, 4) is 0 Å². The second kappa shape index (κ2) is 5.98. The Morgan fingerprint density at radius 1 is 1.73 bits per heavy atom. The van der Waals surface area contributed by atoms with Crippen LogP contribution in [0, 0.1) is 0 Å². The first-order chi connectivity index (χ1) is 7.20. The highest BCUT2D eigenvalue weighted by molar-refractivity contribution is 5.91. The number of nitrogens with zero attached hydrogens (tertiary/aromatic N) is 1. The molecule has 0 fully saturated rings. The average Bonchev–Trinajstić information content (AvgIpc) is 2.69. The number of amides is 1. The molecule has 0 radical (unpaired) electrons. The van der Waals surface area contributed by atoms with Gasteiger partial charge in [-0.05, 0) is 6.92 Å². The number of hydrogen-bond acceptors (Lipinski definition) is 3. The van der Waals surface area contributed by atoms with Crippen LogP contribution in [-0.2, 0) is 4.74 Å². The summed E-state index contributed by atoms with van der Waals surface area (Å²) in [4.78, 5) is 17.8. The molecule has 82 valence electrons. The Labute approximate surface area is 88.6 Å². The fourth-order valence-corrected chi connectivity index (χ4v) is 0.958. The van der Waals surface area contributed by atoms with Crippen LogP contribution in [0.15, 0.2) is 24.7 Å². The van der Waals surface area contributed by atoms with E-state index in [2.05, 4.69) is 21.9 Å². The topological polar surface area (TPSA) is 67.0 Å². The molecule has 0 spiro atoms. The number of rotatable bonds is 6. The van der Waals surface area contributed by atoms with Crippen molar-refractivity contribution in [2.45, 2.75) is 6.92 Å². The maximum absolute atomic E-state index is 11.3. The van der Waals surface area contributed by atoms with Gasteiger partial charge in [-0.1, -0.05) is 12.2 Å². The van der Waals surface area contributed by atoms with E-state index >= 15 is 0 Å². The van der Waals surface area contributed by atoms with Crippen molar-refractivity contribution in [2.75, 3.05) is 19.8 Å². The van der Waals surface area contributed by atoms with Gasteiger partial charge in [0.15, 0.2) is 0 Å². The van der Waals surface area contributed by atoms with Gasteiger partial charge in [-0.15, -0.1) is 0 Å². The van der Waals surface area contributed by atoms with Gasteiger partial charge in [0.05, 0.1) is 25.7 Å². The summed E-state index contributed by atoms with van der Waals surface area (Å²) in [6.45, 7) is 7.08. The largest absolute Gasteiger partial charge is 0.375 e. The molecule has 0 aromatic carbocycles. The normalized spacial score (nSPS) is 9.93. The Hall–Kier alpha value is -1.62. The third-order valence-electron chi connectivity index (χ3n) is 1.62. The zero-order valence-corrected chi connectivity index (χ0v) is 8.75. The number of aromatic nitrogens is 2. The van der Waals surface area contributed by atoms with Crippen LogP contribution in [0.25, 0.3) is 0 Å². The van der Waals surface area contributed by atoms with E-state index in [0.717, 1.165) is 5.57 Å². The number of ether oxygens (including phenoxy) is 1. The SMILES string of the molecule is C=C(C)COCCNC(=O)c1cnc[nH]1. The molecule has 5 heteroatoms. The minimum absolute atomic E-state index is 0.175. The third-order valence-corrected chi connectivity index (χ3v) is 1.62. The van der Waals surface area contributed by atoms with E-state index in [9.17, 15) is 4.79 Å². The maximum atomic E-state index is 11.3. The van der Waals surface area contributed by atoms with Crippen LogP contribution in [0.4, 0.5) is 0 Å². The van der Waals surface area contributed by atoms with Gasteiger partial charge in [0.1, 0.15) is 5.69 Å². The monoisotopic (exact) mass is 209 g/mol. The summed E-state index contributed by atoms with van der Waals surface area (Å²) in [7, 11) is 0. The molecule has 0 aliphatic rings. The van der Waals surface area contributed by atoms with Crippen molar-refractivity contribution in [1.29, 1.82) is 0 Å². The fraction of sp³-hybridized carbons (Fsp3) is 0.400. The summed E-state index contributed by atoms with van der Waals surface area (Å²) >= 11 is 0. The average molecular weight is 209 g/mol. The van der Waals surface area contributed by atoms with Crippen molar-refractivity contribution < 1.29 is 9.53 Å². The van der Waals surface area contributed by atoms with Gasteiger partial charge >= 0.3 is 0 Å². The van der Waals surface area contributed by atoms with E-state index in [1.54, 1.807) is 0 Å². The minimum Gasteiger partial charge on any atom is -0.375 e. The predicted octanol–water partition coefficient (Wildman–Crippen LogP) is 0.732. The van der Waals surface area contributed by atoms with Crippen LogP contribution in [0.3, 0.4) is 0 Å². The molecule has 1 heterocycles. The van der Waals surface area contributed by atoms with Crippen LogP contribution in [-0.4, -0.2) is 35.6 Å². The molecule has 0 unspecified atom stereocenters. The minimum atomic E-state index is -0.175. The van der Waals surface area contributed by atoms with Gasteiger partial charge in [0.25, 0.3) is 5.91 Å². The van der Waals surface area contributed by atoms with Gasteiger partial charge in [-0.2, -0.15) is 0 Å². The van der Waals surface area contributed by atoms with Crippen LogP contribution in [0.2, 0.25) is 0 Å². The molecule has 1 aromatic rings. The zero-order chi connectivity index (χ0) is 11.1. The molecule has 0 saturated heterocycles. The molecule has 1 aromatic heterocycles. The summed E-state index contributed by atoms with van der Waals surface area (Å²) in [5.41, 5.74) is 1.42. The van der Waals surface area contributed by atoms with Gasteiger partial charge < -0.3 is 15.0 Å². The summed E-state index contributed by atoms with van der Waals surface area (Å²) in [5, 5.41) is 2.69. The van der Waals surface area contributed by atoms with E-state index in [0.29, 0.717) is 25.5 Å². The molecule has 0 aliphatic heterocycles. The molecule has 5 nitrogen and oxygen atoms in total. The number of hydrogen-bond donors (Lipinski definition) is 2. The lowest BCUT2D eigenvalue weighted by Gasteiger charge is -2.04. The number of carbonyl (C=O) groups is 1. The van der Waals surface area contributed by atoms with Crippen LogP contribution in [0.5, 0.6) is 0 Å². The molecule has 0 atom stereocenters. The predicted molar refractivity (Wildman–Crippen MR) is 56.6 cm³/mol. The molecule has 0 bridgehead atoms. The molecule has 0 saturated carbocycles. The Morgan fingerprint density at radius 2 is 2.53 bits per heavy atom. The van der Waals surface area contributed by atoms with Crippen molar-refractivity contribution >= 4 is 5.91 Å². The fourth-order valence-electron chi connectivity index (χ4n) is 0.958.